The maximum atomic E-state index is 13.1. The third-order valence-corrected chi connectivity index (χ3v) is 5.90. The molecule has 37 heavy (non-hydrogen) atoms. The zero-order valence-electron chi connectivity index (χ0n) is 23.2. The number of rotatable bonds is 4. The van der Waals surface area contributed by atoms with Crippen LogP contribution in [0.15, 0.2) is 30.3 Å². The summed E-state index contributed by atoms with van der Waals surface area (Å²) >= 11 is 0. The van der Waals surface area contributed by atoms with Crippen molar-refractivity contribution in [3.63, 3.8) is 0 Å². The van der Waals surface area contributed by atoms with Crippen molar-refractivity contribution >= 4 is 17.9 Å². The van der Waals surface area contributed by atoms with Crippen LogP contribution in [0.3, 0.4) is 0 Å². The van der Waals surface area contributed by atoms with E-state index in [2.05, 4.69) is 0 Å². The lowest BCUT2D eigenvalue weighted by molar-refractivity contribution is -0.359. The van der Waals surface area contributed by atoms with Crippen molar-refractivity contribution in [2.45, 2.75) is 99.3 Å². The van der Waals surface area contributed by atoms with Crippen molar-refractivity contribution in [2.24, 2.45) is 16.2 Å². The molecule has 0 bridgehead atoms. The number of hydrogen-bond donors (Lipinski definition) is 0. The van der Waals surface area contributed by atoms with Gasteiger partial charge in [0.05, 0.1) is 22.9 Å². The molecule has 0 aliphatic carbocycles. The lowest BCUT2D eigenvalue weighted by Crippen LogP contribution is -2.65. The SMILES string of the molecule is CC(C)(C)C(=O)O[C@@H]1O[C@@H]2CO[C@H](c3ccccc3)O[C@H]2[C@H](OC(=O)C(C)(C)C)[C@H]1OC(=O)C(C)(C)C. The van der Waals surface area contributed by atoms with Crippen LogP contribution < -0.4 is 0 Å². The lowest BCUT2D eigenvalue weighted by atomic mass is 9.93. The van der Waals surface area contributed by atoms with Crippen molar-refractivity contribution in [3.8, 4) is 0 Å². The van der Waals surface area contributed by atoms with E-state index in [-0.39, 0.29) is 6.61 Å². The Kier molecular flexibility index (Phi) is 8.41. The van der Waals surface area contributed by atoms with Gasteiger partial charge in [-0.25, -0.2) is 0 Å². The molecule has 0 radical (unpaired) electrons. The molecular weight excluding hydrogens is 480 g/mol. The molecule has 206 valence electrons. The molecule has 2 fully saturated rings. The van der Waals surface area contributed by atoms with Crippen LogP contribution in [0.4, 0.5) is 0 Å². The minimum absolute atomic E-state index is 0.0807. The average Bonchev–Trinajstić information content (AvgIpc) is 2.79. The number of ether oxygens (including phenoxy) is 6. The zero-order chi connectivity index (χ0) is 27.8. The molecule has 2 aliphatic rings. The molecule has 2 heterocycles. The quantitative estimate of drug-likeness (QED) is 0.423. The van der Waals surface area contributed by atoms with Gasteiger partial charge in [0.2, 0.25) is 12.4 Å². The molecular formula is C28H40O9. The molecule has 9 heteroatoms. The Labute approximate surface area is 219 Å². The van der Waals surface area contributed by atoms with E-state index in [1.54, 1.807) is 62.3 Å². The second-order valence-electron chi connectivity index (χ2n) is 12.6. The third kappa shape index (κ3) is 7.09. The molecule has 0 amide bonds. The lowest BCUT2D eigenvalue weighted by Gasteiger charge is -2.48. The summed E-state index contributed by atoms with van der Waals surface area (Å²) in [5, 5.41) is 0. The molecule has 0 aromatic heterocycles. The number of esters is 3. The van der Waals surface area contributed by atoms with Crippen molar-refractivity contribution in [2.75, 3.05) is 6.61 Å². The van der Waals surface area contributed by atoms with Gasteiger partial charge in [0, 0.05) is 5.56 Å². The Morgan fingerprint density at radius 2 is 1.19 bits per heavy atom. The first-order chi connectivity index (χ1) is 17.0. The number of carbonyl (C=O) groups is 3. The summed E-state index contributed by atoms with van der Waals surface area (Å²) in [5.41, 5.74) is -1.81. The molecule has 0 unspecified atom stereocenters. The average molecular weight is 521 g/mol. The molecule has 2 aliphatic heterocycles. The molecule has 0 N–H and O–H groups in total. The summed E-state index contributed by atoms with van der Waals surface area (Å²) in [6.45, 7) is 15.4. The van der Waals surface area contributed by atoms with E-state index < -0.39 is 71.1 Å². The molecule has 1 aromatic carbocycles. The van der Waals surface area contributed by atoms with Gasteiger partial charge in [-0.2, -0.15) is 0 Å². The first kappa shape index (κ1) is 29.1. The smallest absolute Gasteiger partial charge is 0.313 e. The zero-order valence-corrected chi connectivity index (χ0v) is 23.2. The highest BCUT2D eigenvalue weighted by atomic mass is 16.8. The molecule has 9 nitrogen and oxygen atoms in total. The van der Waals surface area contributed by atoms with Gasteiger partial charge in [0.1, 0.15) is 12.2 Å². The molecule has 0 saturated carbocycles. The maximum Gasteiger partial charge on any atom is 0.313 e. The first-order valence-electron chi connectivity index (χ1n) is 12.6. The van der Waals surface area contributed by atoms with Gasteiger partial charge >= 0.3 is 17.9 Å². The largest absolute Gasteiger partial charge is 0.455 e. The number of carbonyl (C=O) groups excluding carboxylic acids is 3. The molecule has 2 saturated heterocycles. The van der Waals surface area contributed by atoms with Gasteiger partial charge < -0.3 is 28.4 Å². The molecule has 6 atom stereocenters. The van der Waals surface area contributed by atoms with Crippen LogP contribution in [0, 0.1) is 16.2 Å². The summed E-state index contributed by atoms with van der Waals surface area (Å²) in [5.74, 6) is -1.66. The van der Waals surface area contributed by atoms with Crippen LogP contribution in [-0.2, 0) is 42.8 Å². The van der Waals surface area contributed by atoms with Crippen molar-refractivity contribution in [3.05, 3.63) is 35.9 Å². The van der Waals surface area contributed by atoms with E-state index in [1.165, 1.54) is 0 Å². The number of fused-ring (bicyclic) bond motifs is 1. The monoisotopic (exact) mass is 520 g/mol. The first-order valence-corrected chi connectivity index (χ1v) is 12.6. The summed E-state index contributed by atoms with van der Waals surface area (Å²) in [6, 6.07) is 9.31. The predicted molar refractivity (Wildman–Crippen MR) is 133 cm³/mol. The van der Waals surface area contributed by atoms with E-state index in [4.69, 9.17) is 28.4 Å². The Morgan fingerprint density at radius 1 is 0.703 bits per heavy atom. The number of benzene rings is 1. The van der Waals surface area contributed by atoms with Gasteiger partial charge in [-0.05, 0) is 62.3 Å². The van der Waals surface area contributed by atoms with E-state index >= 15 is 0 Å². The van der Waals surface area contributed by atoms with Crippen LogP contribution >= 0.6 is 0 Å². The standard InChI is InChI=1S/C28H40O9/c1-26(2,3)23(29)35-19-18-17(15-32-21(34-18)16-13-11-10-12-14-16)33-22(37-25(31)28(7,8)9)20(19)36-24(30)27(4,5)6/h10-14,17-22H,15H2,1-9H3/t17-,18-,19+,20-,21+,22+/m1/s1. The fraction of sp³-hybridized carbons (Fsp3) is 0.679. The topological polar surface area (TPSA) is 107 Å². The van der Waals surface area contributed by atoms with Crippen molar-refractivity contribution in [1.82, 2.24) is 0 Å². The predicted octanol–water partition coefficient (Wildman–Crippen LogP) is 4.33. The second kappa shape index (κ2) is 10.7. The summed E-state index contributed by atoms with van der Waals surface area (Å²) in [4.78, 5) is 38.9. The van der Waals surface area contributed by atoms with E-state index in [0.717, 1.165) is 5.56 Å². The minimum atomic E-state index is -1.34. The van der Waals surface area contributed by atoms with Gasteiger partial charge in [0.15, 0.2) is 12.4 Å². The Balaban J connectivity index is 2.01. The maximum absolute atomic E-state index is 13.1. The summed E-state index contributed by atoms with van der Waals surface area (Å²) in [6.07, 6.45) is -6.08. The molecule has 3 rings (SSSR count). The molecule has 0 spiro atoms. The Bertz CT molecular complexity index is 968. The highest BCUT2D eigenvalue weighted by Crippen LogP contribution is 2.38. The van der Waals surface area contributed by atoms with E-state index in [1.807, 2.05) is 30.3 Å². The van der Waals surface area contributed by atoms with Crippen LogP contribution in [0.25, 0.3) is 0 Å². The van der Waals surface area contributed by atoms with E-state index in [0.29, 0.717) is 0 Å². The summed E-state index contributed by atoms with van der Waals surface area (Å²) in [7, 11) is 0. The Hall–Kier alpha value is -2.49. The molecule has 1 aromatic rings. The van der Waals surface area contributed by atoms with Gasteiger partial charge in [-0.1, -0.05) is 30.3 Å². The highest BCUT2D eigenvalue weighted by molar-refractivity contribution is 5.77. The van der Waals surface area contributed by atoms with Crippen LogP contribution in [0.2, 0.25) is 0 Å². The van der Waals surface area contributed by atoms with Crippen molar-refractivity contribution in [1.29, 1.82) is 0 Å². The summed E-state index contributed by atoms with van der Waals surface area (Å²) < 4.78 is 35.8. The van der Waals surface area contributed by atoms with Crippen LogP contribution in [-0.4, -0.2) is 55.2 Å². The fourth-order valence-electron chi connectivity index (χ4n) is 3.56. The van der Waals surface area contributed by atoms with E-state index in [9.17, 15) is 14.4 Å². The Morgan fingerprint density at radius 3 is 1.70 bits per heavy atom. The van der Waals surface area contributed by atoms with Crippen LogP contribution in [0.5, 0.6) is 0 Å². The van der Waals surface area contributed by atoms with Gasteiger partial charge in [-0.15, -0.1) is 0 Å². The second-order valence-corrected chi connectivity index (χ2v) is 12.6. The van der Waals surface area contributed by atoms with Crippen LogP contribution in [0.1, 0.15) is 74.2 Å². The van der Waals surface area contributed by atoms with Crippen molar-refractivity contribution < 1.29 is 42.8 Å². The van der Waals surface area contributed by atoms with Gasteiger partial charge in [-0.3, -0.25) is 14.4 Å². The highest BCUT2D eigenvalue weighted by Gasteiger charge is 2.56. The number of hydrogen-bond acceptors (Lipinski definition) is 9. The third-order valence-electron chi connectivity index (χ3n) is 5.90. The van der Waals surface area contributed by atoms with Gasteiger partial charge in [0.25, 0.3) is 0 Å². The normalized spacial score (nSPS) is 28.6. The minimum Gasteiger partial charge on any atom is -0.455 e. The fourth-order valence-corrected chi connectivity index (χ4v) is 3.56.